The van der Waals surface area contributed by atoms with Gasteiger partial charge in [-0.3, -0.25) is 4.90 Å². The maximum atomic E-state index is 3.70. The van der Waals surface area contributed by atoms with Crippen LogP contribution < -0.4 is 5.32 Å². The molecule has 1 N–H and O–H groups in total. The molecule has 2 heteroatoms. The van der Waals surface area contributed by atoms with Gasteiger partial charge in [0.2, 0.25) is 0 Å². The number of allylic oxidation sites excluding steroid dienone is 1. The Bertz CT molecular complexity index is 262. The molecule has 0 saturated carbocycles. The van der Waals surface area contributed by atoms with Crippen LogP contribution in [0.3, 0.4) is 0 Å². The third-order valence-corrected chi connectivity index (χ3v) is 3.60. The van der Waals surface area contributed by atoms with Crippen LogP contribution in [-0.2, 0) is 0 Å². The molecule has 100 valence electrons. The molecular weight excluding hydrogens is 208 g/mol. The van der Waals surface area contributed by atoms with E-state index in [1.54, 1.807) is 0 Å². The SMILES string of the molecule is CC(C)=CCN1CC(CC(C)C)NCC1(C)C. The van der Waals surface area contributed by atoms with Crippen LogP contribution in [0, 0.1) is 5.92 Å². The number of hydrogen-bond donors (Lipinski definition) is 1. The Balaban J connectivity index is 2.59. The van der Waals surface area contributed by atoms with Gasteiger partial charge in [-0.2, -0.15) is 0 Å². The van der Waals surface area contributed by atoms with Gasteiger partial charge in [0.1, 0.15) is 0 Å². The summed E-state index contributed by atoms with van der Waals surface area (Å²) >= 11 is 0. The van der Waals surface area contributed by atoms with Crippen LogP contribution in [0.4, 0.5) is 0 Å². The first-order valence-corrected chi connectivity index (χ1v) is 6.93. The fraction of sp³-hybridized carbons (Fsp3) is 0.867. The predicted octanol–water partition coefficient (Wildman–Crippen LogP) is 3.05. The van der Waals surface area contributed by atoms with Gasteiger partial charge in [0, 0.05) is 31.2 Å². The highest BCUT2D eigenvalue weighted by Crippen LogP contribution is 2.21. The molecule has 1 unspecified atom stereocenters. The van der Waals surface area contributed by atoms with Crippen LogP contribution >= 0.6 is 0 Å². The molecule has 0 aromatic carbocycles. The van der Waals surface area contributed by atoms with Gasteiger partial charge in [0.25, 0.3) is 0 Å². The molecule has 0 aromatic heterocycles. The molecule has 2 nitrogen and oxygen atoms in total. The van der Waals surface area contributed by atoms with Crippen LogP contribution in [0.25, 0.3) is 0 Å². The largest absolute Gasteiger partial charge is 0.311 e. The second-order valence-electron chi connectivity index (χ2n) is 6.71. The van der Waals surface area contributed by atoms with E-state index in [-0.39, 0.29) is 5.54 Å². The van der Waals surface area contributed by atoms with Crippen molar-refractivity contribution in [3.63, 3.8) is 0 Å². The van der Waals surface area contributed by atoms with E-state index in [0.29, 0.717) is 6.04 Å². The smallest absolute Gasteiger partial charge is 0.0281 e. The summed E-state index contributed by atoms with van der Waals surface area (Å²) in [6.45, 7) is 17.0. The average Bonchev–Trinajstić information content (AvgIpc) is 2.17. The zero-order valence-electron chi connectivity index (χ0n) is 12.5. The normalized spacial score (nSPS) is 25.0. The minimum absolute atomic E-state index is 0.277. The van der Waals surface area contributed by atoms with Gasteiger partial charge in [-0.1, -0.05) is 25.5 Å². The maximum absolute atomic E-state index is 3.70. The Morgan fingerprint density at radius 3 is 2.59 bits per heavy atom. The van der Waals surface area contributed by atoms with Gasteiger partial charge < -0.3 is 5.32 Å². The molecule has 1 rings (SSSR count). The Morgan fingerprint density at radius 2 is 2.06 bits per heavy atom. The van der Waals surface area contributed by atoms with Gasteiger partial charge in [0.05, 0.1) is 0 Å². The lowest BCUT2D eigenvalue weighted by Gasteiger charge is -2.46. The van der Waals surface area contributed by atoms with Crippen molar-refractivity contribution in [2.24, 2.45) is 5.92 Å². The lowest BCUT2D eigenvalue weighted by atomic mass is 9.93. The van der Waals surface area contributed by atoms with E-state index < -0.39 is 0 Å². The molecule has 1 fully saturated rings. The zero-order valence-corrected chi connectivity index (χ0v) is 12.5. The fourth-order valence-electron chi connectivity index (χ4n) is 2.42. The fourth-order valence-corrected chi connectivity index (χ4v) is 2.42. The summed E-state index contributed by atoms with van der Waals surface area (Å²) in [5.41, 5.74) is 1.69. The van der Waals surface area contributed by atoms with Crippen LogP contribution in [0.15, 0.2) is 11.6 Å². The van der Waals surface area contributed by atoms with Crippen LogP contribution in [-0.4, -0.2) is 36.1 Å². The second-order valence-corrected chi connectivity index (χ2v) is 6.71. The standard InChI is InChI=1S/C15H30N2/c1-12(2)7-8-17-10-14(9-13(3)4)16-11-15(17,5)6/h7,13-14,16H,8-11H2,1-6H3. The summed E-state index contributed by atoms with van der Waals surface area (Å²) in [5, 5.41) is 3.70. The number of nitrogens with zero attached hydrogens (tertiary/aromatic N) is 1. The van der Waals surface area contributed by atoms with Crippen LogP contribution in [0.2, 0.25) is 0 Å². The molecule has 1 atom stereocenters. The molecule has 1 heterocycles. The molecule has 17 heavy (non-hydrogen) atoms. The van der Waals surface area contributed by atoms with Crippen molar-refractivity contribution in [1.29, 1.82) is 0 Å². The Kier molecular flexibility index (Phi) is 5.21. The molecule has 1 aliphatic rings. The van der Waals surface area contributed by atoms with Crippen molar-refractivity contribution in [2.75, 3.05) is 19.6 Å². The summed E-state index contributed by atoms with van der Waals surface area (Å²) in [5.74, 6) is 0.777. The van der Waals surface area contributed by atoms with E-state index in [0.717, 1.165) is 19.0 Å². The van der Waals surface area contributed by atoms with Crippen molar-refractivity contribution in [3.8, 4) is 0 Å². The molecule has 0 radical (unpaired) electrons. The molecule has 0 spiro atoms. The molecule has 1 aliphatic heterocycles. The summed E-state index contributed by atoms with van der Waals surface area (Å²) in [6, 6.07) is 0.661. The number of rotatable bonds is 4. The maximum Gasteiger partial charge on any atom is 0.0281 e. The molecular formula is C15H30N2. The summed E-state index contributed by atoms with van der Waals surface area (Å²) < 4.78 is 0. The molecule has 0 aliphatic carbocycles. The third-order valence-electron chi connectivity index (χ3n) is 3.60. The van der Waals surface area contributed by atoms with Crippen molar-refractivity contribution in [2.45, 2.75) is 59.5 Å². The van der Waals surface area contributed by atoms with Crippen LogP contribution in [0.5, 0.6) is 0 Å². The Morgan fingerprint density at radius 1 is 1.41 bits per heavy atom. The summed E-state index contributed by atoms with van der Waals surface area (Å²) in [6.07, 6.45) is 3.63. The van der Waals surface area contributed by atoms with E-state index in [4.69, 9.17) is 0 Å². The minimum Gasteiger partial charge on any atom is -0.311 e. The topological polar surface area (TPSA) is 15.3 Å². The highest BCUT2D eigenvalue weighted by atomic mass is 15.3. The molecule has 1 saturated heterocycles. The van der Waals surface area contributed by atoms with E-state index in [2.05, 4.69) is 57.8 Å². The molecule has 0 bridgehead atoms. The van der Waals surface area contributed by atoms with Crippen LogP contribution in [0.1, 0.15) is 48.0 Å². The lowest BCUT2D eigenvalue weighted by Crippen LogP contribution is -2.62. The van der Waals surface area contributed by atoms with E-state index in [1.165, 1.54) is 18.5 Å². The molecule has 0 aromatic rings. The molecule has 0 amide bonds. The number of piperazine rings is 1. The first-order chi connectivity index (χ1) is 7.81. The highest BCUT2D eigenvalue weighted by Gasteiger charge is 2.33. The zero-order chi connectivity index (χ0) is 13.1. The monoisotopic (exact) mass is 238 g/mol. The van der Waals surface area contributed by atoms with Crippen molar-refractivity contribution in [1.82, 2.24) is 10.2 Å². The second kappa shape index (κ2) is 6.01. The Labute approximate surface area is 107 Å². The first kappa shape index (κ1) is 14.7. The quantitative estimate of drug-likeness (QED) is 0.757. The van der Waals surface area contributed by atoms with Gasteiger partial charge in [-0.25, -0.2) is 0 Å². The summed E-state index contributed by atoms with van der Waals surface area (Å²) in [4.78, 5) is 2.61. The predicted molar refractivity (Wildman–Crippen MR) is 76.3 cm³/mol. The van der Waals surface area contributed by atoms with E-state index in [9.17, 15) is 0 Å². The number of hydrogen-bond acceptors (Lipinski definition) is 2. The highest BCUT2D eigenvalue weighted by molar-refractivity contribution is 5.00. The van der Waals surface area contributed by atoms with Gasteiger partial charge in [0.15, 0.2) is 0 Å². The van der Waals surface area contributed by atoms with Crippen molar-refractivity contribution in [3.05, 3.63) is 11.6 Å². The van der Waals surface area contributed by atoms with E-state index in [1.807, 2.05) is 0 Å². The lowest BCUT2D eigenvalue weighted by molar-refractivity contribution is 0.0726. The summed E-state index contributed by atoms with van der Waals surface area (Å²) in [7, 11) is 0. The van der Waals surface area contributed by atoms with Gasteiger partial charge in [-0.05, 0) is 40.0 Å². The Hall–Kier alpha value is -0.340. The number of nitrogens with one attached hydrogen (secondary N) is 1. The average molecular weight is 238 g/mol. The van der Waals surface area contributed by atoms with Crippen molar-refractivity contribution >= 4 is 0 Å². The first-order valence-electron chi connectivity index (χ1n) is 6.93. The van der Waals surface area contributed by atoms with Crippen molar-refractivity contribution < 1.29 is 0 Å². The third kappa shape index (κ3) is 4.81. The minimum atomic E-state index is 0.277. The van der Waals surface area contributed by atoms with Gasteiger partial charge >= 0.3 is 0 Å². The van der Waals surface area contributed by atoms with Gasteiger partial charge in [-0.15, -0.1) is 0 Å². The van der Waals surface area contributed by atoms with E-state index >= 15 is 0 Å².